The Hall–Kier alpha value is -4.30. The van der Waals surface area contributed by atoms with Crippen LogP contribution in [0.3, 0.4) is 0 Å². The number of hydrogen-bond donors (Lipinski definition) is 0. The zero-order chi connectivity index (χ0) is 22.7. The van der Waals surface area contributed by atoms with Gasteiger partial charge in [-0.2, -0.15) is 0 Å². The second kappa shape index (κ2) is 8.83. The van der Waals surface area contributed by atoms with E-state index in [1.807, 2.05) is 0 Å². The first-order chi connectivity index (χ1) is 15.4. The van der Waals surface area contributed by atoms with Gasteiger partial charge in [-0.1, -0.05) is 29.8 Å². The van der Waals surface area contributed by atoms with E-state index in [4.69, 9.17) is 21.1 Å². The minimum atomic E-state index is -0.652. The van der Waals surface area contributed by atoms with Gasteiger partial charge >= 0.3 is 11.9 Å². The van der Waals surface area contributed by atoms with Gasteiger partial charge in [0.1, 0.15) is 5.75 Å². The first-order valence-electron chi connectivity index (χ1n) is 9.24. The van der Waals surface area contributed by atoms with E-state index in [1.165, 1.54) is 24.3 Å². The SMILES string of the molecule is O=C1OC(c2cccc(Cl)c2)=N/C1=C\c1ccc(OC(=O)c2ccc([N+](=O)[O-])cc2)cc1. The van der Waals surface area contributed by atoms with Crippen LogP contribution in [0, 0.1) is 10.1 Å². The van der Waals surface area contributed by atoms with Crippen molar-refractivity contribution in [1.29, 1.82) is 0 Å². The van der Waals surface area contributed by atoms with Gasteiger partial charge in [-0.05, 0) is 54.1 Å². The van der Waals surface area contributed by atoms with Crippen LogP contribution in [0.5, 0.6) is 5.75 Å². The summed E-state index contributed by atoms with van der Waals surface area (Å²) in [6, 6.07) is 18.3. The second-order valence-corrected chi connectivity index (χ2v) is 7.05. The number of halogens is 1. The maximum Gasteiger partial charge on any atom is 0.363 e. The summed E-state index contributed by atoms with van der Waals surface area (Å²) in [5.41, 5.74) is 1.41. The highest BCUT2D eigenvalue weighted by atomic mass is 35.5. The Bertz CT molecular complexity index is 1280. The third-order valence-electron chi connectivity index (χ3n) is 4.40. The lowest BCUT2D eigenvalue weighted by Gasteiger charge is -2.04. The summed E-state index contributed by atoms with van der Waals surface area (Å²) >= 11 is 5.96. The predicted molar refractivity (Wildman–Crippen MR) is 117 cm³/mol. The number of carbonyl (C=O) groups excluding carboxylic acids is 2. The number of aliphatic imine (C=N–C) groups is 1. The number of cyclic esters (lactones) is 1. The topological polar surface area (TPSA) is 108 Å². The molecule has 1 aliphatic rings. The summed E-state index contributed by atoms with van der Waals surface area (Å²) in [5, 5.41) is 11.2. The molecule has 0 amide bonds. The van der Waals surface area contributed by atoms with Gasteiger partial charge in [0.15, 0.2) is 5.70 Å². The molecular formula is C23H13ClN2O6. The molecule has 1 heterocycles. The number of rotatable bonds is 5. The van der Waals surface area contributed by atoms with Crippen molar-refractivity contribution in [1.82, 2.24) is 0 Å². The van der Waals surface area contributed by atoms with E-state index in [2.05, 4.69) is 4.99 Å². The molecule has 0 unspecified atom stereocenters. The third kappa shape index (κ3) is 4.71. The lowest BCUT2D eigenvalue weighted by atomic mass is 10.2. The van der Waals surface area contributed by atoms with E-state index >= 15 is 0 Å². The predicted octanol–water partition coefficient (Wildman–Crippen LogP) is 4.81. The minimum Gasteiger partial charge on any atom is -0.423 e. The summed E-state index contributed by atoms with van der Waals surface area (Å²) in [7, 11) is 0. The van der Waals surface area contributed by atoms with Crippen molar-refractivity contribution < 1.29 is 24.0 Å². The molecule has 8 nitrogen and oxygen atoms in total. The van der Waals surface area contributed by atoms with Crippen molar-refractivity contribution in [3.8, 4) is 5.75 Å². The number of nitrogens with zero attached hydrogens (tertiary/aromatic N) is 2. The molecule has 3 aromatic carbocycles. The maximum absolute atomic E-state index is 12.2. The summed E-state index contributed by atoms with van der Waals surface area (Å²) in [6.07, 6.45) is 1.54. The Morgan fingerprint density at radius 3 is 2.44 bits per heavy atom. The first kappa shape index (κ1) is 21.0. The van der Waals surface area contributed by atoms with Crippen LogP contribution in [0.1, 0.15) is 21.5 Å². The molecule has 9 heteroatoms. The monoisotopic (exact) mass is 448 g/mol. The largest absolute Gasteiger partial charge is 0.423 e. The zero-order valence-corrected chi connectivity index (χ0v) is 17.0. The van der Waals surface area contributed by atoms with Crippen LogP contribution in [0.25, 0.3) is 6.08 Å². The minimum absolute atomic E-state index is 0.120. The van der Waals surface area contributed by atoms with Crippen molar-refractivity contribution in [3.05, 3.63) is 110 Å². The van der Waals surface area contributed by atoms with Gasteiger partial charge < -0.3 is 9.47 Å². The normalized spacial score (nSPS) is 14.1. The van der Waals surface area contributed by atoms with Gasteiger partial charge in [0.05, 0.1) is 10.5 Å². The van der Waals surface area contributed by atoms with E-state index in [0.29, 0.717) is 16.1 Å². The van der Waals surface area contributed by atoms with Gasteiger partial charge in [-0.25, -0.2) is 14.6 Å². The van der Waals surface area contributed by atoms with E-state index in [0.717, 1.165) is 0 Å². The van der Waals surface area contributed by atoms with Gasteiger partial charge in [0.25, 0.3) is 5.69 Å². The Kier molecular flexibility index (Phi) is 5.78. The molecule has 0 bridgehead atoms. The Labute approximate surface area is 186 Å². The molecule has 0 atom stereocenters. The number of nitro benzene ring substituents is 1. The molecule has 0 saturated heterocycles. The maximum atomic E-state index is 12.2. The van der Waals surface area contributed by atoms with Crippen LogP contribution in [0.15, 0.2) is 83.5 Å². The fraction of sp³-hybridized carbons (Fsp3) is 0. The molecule has 1 aliphatic heterocycles. The highest BCUT2D eigenvalue weighted by Crippen LogP contribution is 2.22. The number of carbonyl (C=O) groups is 2. The Morgan fingerprint density at radius 1 is 1.06 bits per heavy atom. The number of benzene rings is 3. The summed E-state index contributed by atoms with van der Waals surface area (Å²) in [5.74, 6) is -0.806. The van der Waals surface area contributed by atoms with Crippen molar-refractivity contribution in [2.24, 2.45) is 4.99 Å². The summed E-state index contributed by atoms with van der Waals surface area (Å²) < 4.78 is 10.5. The first-order valence-corrected chi connectivity index (χ1v) is 9.62. The van der Waals surface area contributed by atoms with Crippen molar-refractivity contribution in [3.63, 3.8) is 0 Å². The molecule has 0 N–H and O–H groups in total. The third-order valence-corrected chi connectivity index (χ3v) is 4.64. The molecule has 0 radical (unpaired) electrons. The van der Waals surface area contributed by atoms with Gasteiger partial charge in [-0.15, -0.1) is 0 Å². The molecular weight excluding hydrogens is 436 g/mol. The van der Waals surface area contributed by atoms with Gasteiger partial charge in [0, 0.05) is 22.7 Å². The fourth-order valence-electron chi connectivity index (χ4n) is 2.83. The lowest BCUT2D eigenvalue weighted by Crippen LogP contribution is -2.08. The number of nitro groups is 1. The zero-order valence-electron chi connectivity index (χ0n) is 16.2. The van der Waals surface area contributed by atoms with Crippen molar-refractivity contribution >= 4 is 41.2 Å². The molecule has 0 aliphatic carbocycles. The highest BCUT2D eigenvalue weighted by molar-refractivity contribution is 6.31. The van der Waals surface area contributed by atoms with Gasteiger partial charge in [-0.3, -0.25) is 10.1 Å². The van der Waals surface area contributed by atoms with Crippen LogP contribution in [-0.2, 0) is 9.53 Å². The molecule has 0 spiro atoms. The summed E-state index contributed by atoms with van der Waals surface area (Å²) in [4.78, 5) is 38.7. The van der Waals surface area contributed by atoms with Gasteiger partial charge in [0.2, 0.25) is 5.90 Å². The van der Waals surface area contributed by atoms with Crippen LogP contribution in [0.2, 0.25) is 5.02 Å². The average molecular weight is 449 g/mol. The fourth-order valence-corrected chi connectivity index (χ4v) is 3.02. The summed E-state index contributed by atoms with van der Waals surface area (Å²) in [6.45, 7) is 0. The van der Waals surface area contributed by atoms with E-state index in [-0.39, 0.29) is 28.6 Å². The van der Waals surface area contributed by atoms with Crippen LogP contribution >= 0.6 is 11.6 Å². The smallest absolute Gasteiger partial charge is 0.363 e. The lowest BCUT2D eigenvalue weighted by molar-refractivity contribution is -0.384. The average Bonchev–Trinajstić information content (AvgIpc) is 3.15. The van der Waals surface area contributed by atoms with Crippen molar-refractivity contribution in [2.45, 2.75) is 0 Å². The number of non-ortho nitro benzene ring substituents is 1. The van der Waals surface area contributed by atoms with Crippen LogP contribution in [-0.4, -0.2) is 22.8 Å². The van der Waals surface area contributed by atoms with Crippen LogP contribution < -0.4 is 4.74 Å². The quantitative estimate of drug-likeness (QED) is 0.182. The molecule has 3 aromatic rings. The molecule has 0 saturated carbocycles. The van der Waals surface area contributed by atoms with Crippen LogP contribution in [0.4, 0.5) is 5.69 Å². The molecule has 0 fully saturated rings. The Morgan fingerprint density at radius 2 is 1.78 bits per heavy atom. The second-order valence-electron chi connectivity index (χ2n) is 6.61. The van der Waals surface area contributed by atoms with E-state index in [1.54, 1.807) is 54.6 Å². The number of hydrogen-bond acceptors (Lipinski definition) is 7. The highest BCUT2D eigenvalue weighted by Gasteiger charge is 2.24. The van der Waals surface area contributed by atoms with E-state index in [9.17, 15) is 19.7 Å². The molecule has 0 aromatic heterocycles. The van der Waals surface area contributed by atoms with E-state index < -0.39 is 16.9 Å². The van der Waals surface area contributed by atoms with Crippen molar-refractivity contribution in [2.75, 3.05) is 0 Å². The number of ether oxygens (including phenoxy) is 2. The molecule has 32 heavy (non-hydrogen) atoms. The standard InChI is InChI=1S/C23H13ClN2O6/c24-17-3-1-2-16(13-17)21-25-20(23(28)32-21)12-14-4-10-19(11-5-14)31-22(27)15-6-8-18(9-7-15)26(29)30/h1-13H/b20-12-. The molecule has 4 rings (SSSR count). The Balaban J connectivity index is 1.46. The molecule has 158 valence electrons. The number of esters is 2.